The van der Waals surface area contributed by atoms with Crippen LogP contribution in [0.4, 0.5) is 0 Å². The van der Waals surface area contributed by atoms with Crippen molar-refractivity contribution in [2.75, 3.05) is 12.9 Å². The fraction of sp³-hybridized carbons (Fsp3) is 0.417. The lowest BCUT2D eigenvalue weighted by molar-refractivity contribution is 0.0687. The number of aromatic carboxylic acids is 1. The van der Waals surface area contributed by atoms with Gasteiger partial charge in [-0.1, -0.05) is 19.9 Å². The molecule has 16 heavy (non-hydrogen) atoms. The van der Waals surface area contributed by atoms with Gasteiger partial charge < -0.3 is 9.84 Å². The van der Waals surface area contributed by atoms with Crippen molar-refractivity contribution in [1.29, 1.82) is 0 Å². The molecular formula is C12H16O3S. The summed E-state index contributed by atoms with van der Waals surface area (Å²) in [5.74, 6) is -0.115. The number of benzene rings is 1. The van der Waals surface area contributed by atoms with Gasteiger partial charge in [0.15, 0.2) is 0 Å². The van der Waals surface area contributed by atoms with Crippen molar-refractivity contribution in [1.82, 2.24) is 0 Å². The summed E-state index contributed by atoms with van der Waals surface area (Å²) in [7, 11) is 0. The van der Waals surface area contributed by atoms with Gasteiger partial charge >= 0.3 is 5.97 Å². The number of carbonyl (C=O) groups is 1. The molecule has 0 bridgehead atoms. The number of thioether (sulfide) groups is 1. The summed E-state index contributed by atoms with van der Waals surface area (Å²) in [4.78, 5) is 11.9. The number of hydrogen-bond acceptors (Lipinski definition) is 3. The molecule has 0 amide bonds. The summed E-state index contributed by atoms with van der Waals surface area (Å²) in [6.45, 7) is 4.58. The third-order valence-electron chi connectivity index (χ3n) is 1.99. The molecule has 0 radical (unpaired) electrons. The number of rotatable bonds is 5. The molecule has 1 aromatic rings. The summed E-state index contributed by atoms with van der Waals surface area (Å²) in [6, 6.07) is 5.30. The second-order valence-corrected chi connectivity index (χ2v) is 4.69. The molecule has 0 saturated heterocycles. The van der Waals surface area contributed by atoms with Crippen LogP contribution in [0.15, 0.2) is 23.1 Å². The van der Waals surface area contributed by atoms with Crippen molar-refractivity contribution in [2.45, 2.75) is 18.7 Å². The van der Waals surface area contributed by atoms with Gasteiger partial charge in [0.2, 0.25) is 0 Å². The Bertz CT molecular complexity index is 375. The van der Waals surface area contributed by atoms with Crippen LogP contribution in [0.25, 0.3) is 0 Å². The lowest BCUT2D eigenvalue weighted by Gasteiger charge is -2.13. The molecule has 0 aliphatic rings. The maximum absolute atomic E-state index is 11.2. The molecule has 0 fully saturated rings. The van der Waals surface area contributed by atoms with Gasteiger partial charge in [-0.3, -0.25) is 0 Å². The average molecular weight is 240 g/mol. The zero-order chi connectivity index (χ0) is 12.1. The van der Waals surface area contributed by atoms with Gasteiger partial charge in [-0.15, -0.1) is 11.8 Å². The zero-order valence-corrected chi connectivity index (χ0v) is 10.5. The van der Waals surface area contributed by atoms with Gasteiger partial charge in [-0.25, -0.2) is 4.79 Å². The molecular weight excluding hydrogens is 224 g/mol. The first kappa shape index (κ1) is 12.9. The van der Waals surface area contributed by atoms with E-state index in [4.69, 9.17) is 9.84 Å². The minimum absolute atomic E-state index is 0.260. The van der Waals surface area contributed by atoms with E-state index in [-0.39, 0.29) is 5.56 Å². The summed E-state index contributed by atoms with van der Waals surface area (Å²) in [5, 5.41) is 9.15. The normalized spacial score (nSPS) is 10.5. The van der Waals surface area contributed by atoms with Gasteiger partial charge in [0.25, 0.3) is 0 Å². The second-order valence-electron chi connectivity index (χ2n) is 3.84. The Morgan fingerprint density at radius 1 is 1.50 bits per heavy atom. The van der Waals surface area contributed by atoms with E-state index >= 15 is 0 Å². The maximum atomic E-state index is 11.2. The lowest BCUT2D eigenvalue weighted by Crippen LogP contribution is -2.09. The highest BCUT2D eigenvalue weighted by atomic mass is 32.2. The summed E-state index contributed by atoms with van der Waals surface area (Å²) < 4.78 is 5.51. The first-order chi connectivity index (χ1) is 7.56. The van der Waals surface area contributed by atoms with E-state index in [1.807, 2.05) is 26.2 Å². The van der Waals surface area contributed by atoms with Crippen LogP contribution in [-0.4, -0.2) is 23.9 Å². The first-order valence-electron chi connectivity index (χ1n) is 5.09. The third-order valence-corrected chi connectivity index (χ3v) is 2.77. The largest absolute Gasteiger partial charge is 0.492 e. The fourth-order valence-corrected chi connectivity index (χ4v) is 1.88. The average Bonchev–Trinajstić information content (AvgIpc) is 2.25. The Hall–Kier alpha value is -1.16. The Morgan fingerprint density at radius 3 is 2.69 bits per heavy atom. The summed E-state index contributed by atoms with van der Waals surface area (Å²) in [5.41, 5.74) is 0.260. The Kier molecular flexibility index (Phi) is 4.68. The first-order valence-corrected chi connectivity index (χ1v) is 6.31. The fourth-order valence-electron chi connectivity index (χ4n) is 1.27. The van der Waals surface area contributed by atoms with Gasteiger partial charge in [0, 0.05) is 4.90 Å². The van der Waals surface area contributed by atoms with Crippen LogP contribution in [0.2, 0.25) is 0 Å². The van der Waals surface area contributed by atoms with Crippen LogP contribution in [0, 0.1) is 5.92 Å². The minimum atomic E-state index is -0.941. The highest BCUT2D eigenvalue weighted by Gasteiger charge is 2.16. The highest BCUT2D eigenvalue weighted by Crippen LogP contribution is 2.29. The predicted molar refractivity (Wildman–Crippen MR) is 65.5 cm³/mol. The molecule has 0 unspecified atom stereocenters. The Labute approximate surface area is 99.8 Å². The van der Waals surface area contributed by atoms with Crippen molar-refractivity contribution in [3.8, 4) is 5.75 Å². The summed E-state index contributed by atoms with van der Waals surface area (Å²) >= 11 is 1.41. The van der Waals surface area contributed by atoms with Crippen LogP contribution in [-0.2, 0) is 0 Å². The van der Waals surface area contributed by atoms with Gasteiger partial charge in [0.05, 0.1) is 6.61 Å². The van der Waals surface area contributed by atoms with E-state index in [1.54, 1.807) is 12.1 Å². The molecule has 4 heteroatoms. The van der Waals surface area contributed by atoms with E-state index in [9.17, 15) is 4.79 Å². The molecule has 1 aromatic carbocycles. The van der Waals surface area contributed by atoms with Crippen LogP contribution in [0.5, 0.6) is 5.75 Å². The van der Waals surface area contributed by atoms with Crippen molar-refractivity contribution >= 4 is 17.7 Å². The molecule has 1 rings (SSSR count). The van der Waals surface area contributed by atoms with Crippen LogP contribution >= 0.6 is 11.8 Å². The summed E-state index contributed by atoms with van der Waals surface area (Å²) in [6.07, 6.45) is 1.86. The lowest BCUT2D eigenvalue weighted by atomic mass is 10.2. The van der Waals surface area contributed by atoms with Gasteiger partial charge in [0.1, 0.15) is 11.3 Å². The SMILES string of the molecule is CSc1cccc(OCC(C)C)c1C(=O)O. The zero-order valence-electron chi connectivity index (χ0n) is 9.69. The predicted octanol–water partition coefficient (Wildman–Crippen LogP) is 3.14. The van der Waals surface area contributed by atoms with Crippen LogP contribution < -0.4 is 4.74 Å². The maximum Gasteiger partial charge on any atom is 0.340 e. The van der Waals surface area contributed by atoms with Gasteiger partial charge in [-0.2, -0.15) is 0 Å². The number of ether oxygens (including phenoxy) is 1. The molecule has 0 saturated carbocycles. The quantitative estimate of drug-likeness (QED) is 0.803. The van der Waals surface area contributed by atoms with E-state index in [0.717, 1.165) is 4.90 Å². The smallest absolute Gasteiger partial charge is 0.340 e. The molecule has 1 N–H and O–H groups in total. The van der Waals surface area contributed by atoms with Crippen molar-refractivity contribution in [2.24, 2.45) is 5.92 Å². The monoisotopic (exact) mass is 240 g/mol. The van der Waals surface area contributed by atoms with E-state index < -0.39 is 5.97 Å². The topological polar surface area (TPSA) is 46.5 Å². The molecule has 0 spiro atoms. The molecule has 0 aliphatic heterocycles. The number of carboxylic acid groups (broad SMARTS) is 1. The van der Waals surface area contributed by atoms with E-state index in [1.165, 1.54) is 11.8 Å². The van der Waals surface area contributed by atoms with Crippen molar-refractivity contribution in [3.63, 3.8) is 0 Å². The molecule has 0 atom stereocenters. The van der Waals surface area contributed by atoms with Crippen molar-refractivity contribution in [3.05, 3.63) is 23.8 Å². The Balaban J connectivity index is 3.02. The third kappa shape index (κ3) is 3.17. The molecule has 0 aliphatic carbocycles. The Morgan fingerprint density at radius 2 is 2.19 bits per heavy atom. The van der Waals surface area contributed by atoms with E-state index in [0.29, 0.717) is 18.3 Å². The standard InChI is InChI=1S/C12H16O3S/c1-8(2)7-15-9-5-4-6-10(16-3)11(9)12(13)14/h4-6,8H,7H2,1-3H3,(H,13,14). The number of hydrogen-bond donors (Lipinski definition) is 1. The molecule has 3 nitrogen and oxygen atoms in total. The van der Waals surface area contributed by atoms with Crippen LogP contribution in [0.1, 0.15) is 24.2 Å². The molecule has 0 heterocycles. The molecule has 88 valence electrons. The van der Waals surface area contributed by atoms with Gasteiger partial charge in [-0.05, 0) is 24.3 Å². The van der Waals surface area contributed by atoms with Crippen molar-refractivity contribution < 1.29 is 14.6 Å². The van der Waals surface area contributed by atoms with E-state index in [2.05, 4.69) is 0 Å². The molecule has 0 aromatic heterocycles. The highest BCUT2D eigenvalue weighted by molar-refractivity contribution is 7.98. The van der Waals surface area contributed by atoms with Crippen LogP contribution in [0.3, 0.4) is 0 Å². The number of carboxylic acids is 1. The second kappa shape index (κ2) is 5.80. The minimum Gasteiger partial charge on any atom is -0.492 e.